The van der Waals surface area contributed by atoms with Gasteiger partial charge in [-0.15, -0.1) is 0 Å². The first kappa shape index (κ1) is 16.7. The molecule has 0 aliphatic heterocycles. The average molecular weight is 298 g/mol. The zero-order chi connectivity index (χ0) is 15.1. The Kier molecular flexibility index (Phi) is 6.68. The standard InChI is InChI=1S/C15H20ClNO3/c1-10(2)7-8-17-13(9-14(18)19)15(20)11-3-5-12(16)6-4-11/h3-6,10,13,17H,7-9H2,1-2H3,(H,18,19). The summed E-state index contributed by atoms with van der Waals surface area (Å²) < 4.78 is 0. The summed E-state index contributed by atoms with van der Waals surface area (Å²) in [6, 6.07) is 5.78. The minimum Gasteiger partial charge on any atom is -0.481 e. The second kappa shape index (κ2) is 8.02. The highest BCUT2D eigenvalue weighted by atomic mass is 35.5. The van der Waals surface area contributed by atoms with Crippen LogP contribution in [0.25, 0.3) is 0 Å². The number of nitrogens with one attached hydrogen (secondary N) is 1. The Labute approximate surface area is 124 Å². The van der Waals surface area contributed by atoms with Crippen LogP contribution in [0.4, 0.5) is 0 Å². The van der Waals surface area contributed by atoms with Crippen LogP contribution in [0.3, 0.4) is 0 Å². The third kappa shape index (κ3) is 5.72. The lowest BCUT2D eigenvalue weighted by Gasteiger charge is -2.16. The van der Waals surface area contributed by atoms with Gasteiger partial charge in [-0.2, -0.15) is 0 Å². The van der Waals surface area contributed by atoms with E-state index < -0.39 is 12.0 Å². The molecule has 4 nitrogen and oxygen atoms in total. The maximum atomic E-state index is 12.3. The van der Waals surface area contributed by atoms with Crippen LogP contribution in [-0.2, 0) is 4.79 Å². The van der Waals surface area contributed by atoms with Gasteiger partial charge in [-0.25, -0.2) is 0 Å². The van der Waals surface area contributed by atoms with E-state index in [1.807, 2.05) is 0 Å². The Hall–Kier alpha value is -1.39. The van der Waals surface area contributed by atoms with Gasteiger partial charge in [0, 0.05) is 10.6 Å². The predicted molar refractivity (Wildman–Crippen MR) is 79.3 cm³/mol. The van der Waals surface area contributed by atoms with Crippen molar-refractivity contribution in [3.63, 3.8) is 0 Å². The highest BCUT2D eigenvalue weighted by Gasteiger charge is 2.22. The van der Waals surface area contributed by atoms with E-state index in [0.29, 0.717) is 23.0 Å². The molecule has 0 heterocycles. The van der Waals surface area contributed by atoms with Gasteiger partial charge in [-0.05, 0) is 43.1 Å². The summed E-state index contributed by atoms with van der Waals surface area (Å²) in [5.41, 5.74) is 0.470. The molecular formula is C15H20ClNO3. The second-order valence-electron chi connectivity index (χ2n) is 5.16. The number of ketones is 1. The molecule has 0 aromatic heterocycles. The number of halogens is 1. The van der Waals surface area contributed by atoms with Crippen LogP contribution in [0, 0.1) is 5.92 Å². The van der Waals surface area contributed by atoms with E-state index in [4.69, 9.17) is 16.7 Å². The minimum atomic E-state index is -0.991. The number of hydrogen-bond acceptors (Lipinski definition) is 3. The number of Topliss-reactive ketones (excluding diaryl/α,β-unsaturated/α-hetero) is 1. The summed E-state index contributed by atoms with van der Waals surface area (Å²) in [5.74, 6) is -0.708. The lowest BCUT2D eigenvalue weighted by Crippen LogP contribution is -2.39. The minimum absolute atomic E-state index is 0.215. The summed E-state index contributed by atoms with van der Waals surface area (Å²) in [6.45, 7) is 4.78. The van der Waals surface area contributed by atoms with Gasteiger partial charge in [0.25, 0.3) is 0 Å². The number of carbonyl (C=O) groups is 2. The molecule has 0 radical (unpaired) electrons. The van der Waals surface area contributed by atoms with E-state index in [9.17, 15) is 9.59 Å². The lowest BCUT2D eigenvalue weighted by molar-refractivity contribution is -0.137. The van der Waals surface area contributed by atoms with Gasteiger partial charge in [0.1, 0.15) is 0 Å². The molecule has 0 saturated heterocycles. The Morgan fingerprint density at radius 1 is 1.25 bits per heavy atom. The molecule has 20 heavy (non-hydrogen) atoms. The lowest BCUT2D eigenvalue weighted by atomic mass is 10.0. The van der Waals surface area contributed by atoms with Crippen molar-refractivity contribution >= 4 is 23.4 Å². The molecule has 5 heteroatoms. The zero-order valence-electron chi connectivity index (χ0n) is 11.7. The first-order valence-corrected chi connectivity index (χ1v) is 7.03. The first-order chi connectivity index (χ1) is 9.40. The van der Waals surface area contributed by atoms with Gasteiger partial charge in [0.2, 0.25) is 0 Å². The molecule has 110 valence electrons. The Morgan fingerprint density at radius 2 is 1.85 bits per heavy atom. The quantitative estimate of drug-likeness (QED) is 0.724. The highest BCUT2D eigenvalue weighted by Crippen LogP contribution is 2.12. The smallest absolute Gasteiger partial charge is 0.305 e. The van der Waals surface area contributed by atoms with Crippen LogP contribution in [0.2, 0.25) is 5.02 Å². The number of rotatable bonds is 8. The maximum absolute atomic E-state index is 12.3. The third-order valence-corrected chi connectivity index (χ3v) is 3.19. The molecule has 0 aliphatic rings. The molecule has 1 aromatic carbocycles. The van der Waals surface area contributed by atoms with Crippen LogP contribution in [0.15, 0.2) is 24.3 Å². The summed E-state index contributed by atoms with van der Waals surface area (Å²) in [7, 11) is 0. The maximum Gasteiger partial charge on any atom is 0.305 e. The molecule has 1 aromatic rings. The van der Waals surface area contributed by atoms with Crippen LogP contribution < -0.4 is 5.32 Å². The molecule has 0 amide bonds. The van der Waals surface area contributed by atoms with Crippen molar-refractivity contribution in [3.8, 4) is 0 Å². The van der Waals surface area contributed by atoms with Crippen molar-refractivity contribution in [2.75, 3.05) is 6.54 Å². The van der Waals surface area contributed by atoms with Crippen molar-refractivity contribution in [2.24, 2.45) is 5.92 Å². The van der Waals surface area contributed by atoms with E-state index in [1.54, 1.807) is 24.3 Å². The highest BCUT2D eigenvalue weighted by molar-refractivity contribution is 6.30. The molecule has 0 saturated carbocycles. The molecule has 0 bridgehead atoms. The second-order valence-corrected chi connectivity index (χ2v) is 5.59. The van der Waals surface area contributed by atoms with E-state index in [1.165, 1.54) is 0 Å². The normalized spacial score (nSPS) is 12.4. The molecule has 0 aliphatic carbocycles. The number of carbonyl (C=O) groups excluding carboxylic acids is 1. The molecule has 0 fully saturated rings. The molecule has 0 spiro atoms. The summed E-state index contributed by atoms with van der Waals surface area (Å²) >= 11 is 5.78. The molecule has 1 atom stereocenters. The fourth-order valence-electron chi connectivity index (χ4n) is 1.79. The van der Waals surface area contributed by atoms with Crippen molar-refractivity contribution < 1.29 is 14.7 Å². The fourth-order valence-corrected chi connectivity index (χ4v) is 1.92. The van der Waals surface area contributed by atoms with Gasteiger partial charge in [-0.3, -0.25) is 9.59 Å². The van der Waals surface area contributed by atoms with E-state index >= 15 is 0 Å². The summed E-state index contributed by atoms with van der Waals surface area (Å²) in [4.78, 5) is 23.2. The van der Waals surface area contributed by atoms with E-state index in [2.05, 4.69) is 19.2 Å². The van der Waals surface area contributed by atoms with Crippen molar-refractivity contribution in [1.29, 1.82) is 0 Å². The number of carboxylic acids is 1. The Bertz CT molecular complexity index is 457. The van der Waals surface area contributed by atoms with Gasteiger partial charge < -0.3 is 10.4 Å². The fraction of sp³-hybridized carbons (Fsp3) is 0.467. The van der Waals surface area contributed by atoms with Crippen LogP contribution in [0.1, 0.15) is 37.0 Å². The number of aliphatic carboxylic acids is 1. The molecule has 2 N–H and O–H groups in total. The van der Waals surface area contributed by atoms with Gasteiger partial charge in [0.05, 0.1) is 12.5 Å². The van der Waals surface area contributed by atoms with Crippen molar-refractivity contribution in [1.82, 2.24) is 5.32 Å². The van der Waals surface area contributed by atoms with Crippen LogP contribution in [0.5, 0.6) is 0 Å². The topological polar surface area (TPSA) is 66.4 Å². The SMILES string of the molecule is CC(C)CCNC(CC(=O)O)C(=O)c1ccc(Cl)cc1. The predicted octanol–water partition coefficient (Wildman–Crippen LogP) is 3.00. The van der Waals surface area contributed by atoms with Crippen molar-refractivity contribution in [2.45, 2.75) is 32.7 Å². The number of hydrogen-bond donors (Lipinski definition) is 2. The Balaban J connectivity index is 2.73. The van der Waals surface area contributed by atoms with Crippen LogP contribution in [-0.4, -0.2) is 29.4 Å². The van der Waals surface area contributed by atoms with Gasteiger partial charge >= 0.3 is 5.97 Å². The van der Waals surface area contributed by atoms with E-state index in [0.717, 1.165) is 6.42 Å². The van der Waals surface area contributed by atoms with Crippen molar-refractivity contribution in [3.05, 3.63) is 34.9 Å². The molecule has 1 rings (SSSR count). The zero-order valence-corrected chi connectivity index (χ0v) is 12.5. The van der Waals surface area contributed by atoms with Gasteiger partial charge in [0.15, 0.2) is 5.78 Å². The molecule has 1 unspecified atom stereocenters. The molecular weight excluding hydrogens is 278 g/mol. The van der Waals surface area contributed by atoms with E-state index in [-0.39, 0.29) is 12.2 Å². The first-order valence-electron chi connectivity index (χ1n) is 6.65. The largest absolute Gasteiger partial charge is 0.481 e. The van der Waals surface area contributed by atoms with Crippen LogP contribution >= 0.6 is 11.6 Å². The number of benzene rings is 1. The number of carboxylic acid groups (broad SMARTS) is 1. The van der Waals surface area contributed by atoms with Gasteiger partial charge in [-0.1, -0.05) is 25.4 Å². The monoisotopic (exact) mass is 297 g/mol. The third-order valence-electron chi connectivity index (χ3n) is 2.94. The summed E-state index contributed by atoms with van der Waals surface area (Å²) in [6.07, 6.45) is 0.670. The Morgan fingerprint density at radius 3 is 2.35 bits per heavy atom. The average Bonchev–Trinajstić information content (AvgIpc) is 2.37. The summed E-state index contributed by atoms with van der Waals surface area (Å²) in [5, 5.41) is 12.5.